The van der Waals surface area contributed by atoms with E-state index >= 15 is 0 Å². The van der Waals surface area contributed by atoms with E-state index in [0.717, 1.165) is 30.7 Å². The second kappa shape index (κ2) is 9.38. The fraction of sp³-hybridized carbons (Fsp3) is 0.333. The van der Waals surface area contributed by atoms with Gasteiger partial charge in [0.1, 0.15) is 6.54 Å². The molecule has 3 N–H and O–H groups in total. The van der Waals surface area contributed by atoms with E-state index in [1.54, 1.807) is 6.20 Å². The quantitative estimate of drug-likeness (QED) is 0.338. The van der Waals surface area contributed by atoms with Crippen LogP contribution in [0.4, 0.5) is 0 Å². The van der Waals surface area contributed by atoms with E-state index in [1.165, 1.54) is 0 Å². The van der Waals surface area contributed by atoms with E-state index in [2.05, 4.69) is 22.2 Å². The fourth-order valence-electron chi connectivity index (χ4n) is 1.72. The third-order valence-electron chi connectivity index (χ3n) is 2.83. The van der Waals surface area contributed by atoms with Gasteiger partial charge < -0.3 is 15.5 Å². The van der Waals surface area contributed by atoms with E-state index in [9.17, 15) is 0 Å². The van der Waals surface area contributed by atoms with Crippen molar-refractivity contribution in [3.05, 3.63) is 42.4 Å². The minimum absolute atomic E-state index is 0. The van der Waals surface area contributed by atoms with Crippen molar-refractivity contribution in [1.82, 2.24) is 10.3 Å². The Morgan fingerprint density at radius 3 is 2.81 bits per heavy atom. The van der Waals surface area contributed by atoms with E-state index in [1.807, 2.05) is 30.3 Å². The summed E-state index contributed by atoms with van der Waals surface area (Å²) >= 11 is 0. The molecule has 2 rings (SSSR count). The van der Waals surface area contributed by atoms with Gasteiger partial charge in [-0.15, -0.1) is 24.0 Å². The molecule has 21 heavy (non-hydrogen) atoms. The van der Waals surface area contributed by atoms with Crippen LogP contribution in [0.15, 0.2) is 45.9 Å². The molecule has 6 heteroatoms. The van der Waals surface area contributed by atoms with Crippen molar-refractivity contribution in [1.29, 1.82) is 0 Å². The van der Waals surface area contributed by atoms with Crippen molar-refractivity contribution in [3.63, 3.8) is 0 Å². The number of aromatic nitrogens is 1. The zero-order chi connectivity index (χ0) is 14.2. The number of halogens is 1. The van der Waals surface area contributed by atoms with Gasteiger partial charge in [0.05, 0.1) is 6.20 Å². The SMILES string of the molecule is CCCCNC(N)=NCc1ncc(-c2ccccc2)o1.I. The molecule has 0 amide bonds. The van der Waals surface area contributed by atoms with Crippen molar-refractivity contribution < 1.29 is 4.42 Å². The number of rotatable bonds is 6. The molecule has 114 valence electrons. The minimum atomic E-state index is 0. The van der Waals surface area contributed by atoms with Gasteiger partial charge in [-0.3, -0.25) is 0 Å². The predicted molar refractivity (Wildman–Crippen MR) is 95.6 cm³/mol. The molecule has 0 aliphatic rings. The lowest BCUT2D eigenvalue weighted by Gasteiger charge is -2.02. The number of hydrogen-bond acceptors (Lipinski definition) is 3. The van der Waals surface area contributed by atoms with Gasteiger partial charge in [0.25, 0.3) is 0 Å². The highest BCUT2D eigenvalue weighted by atomic mass is 127. The van der Waals surface area contributed by atoms with E-state index in [0.29, 0.717) is 18.4 Å². The number of nitrogens with one attached hydrogen (secondary N) is 1. The molecule has 1 aromatic heterocycles. The van der Waals surface area contributed by atoms with Gasteiger partial charge in [0, 0.05) is 12.1 Å². The second-order valence-electron chi connectivity index (χ2n) is 4.47. The molecule has 0 spiro atoms. The van der Waals surface area contributed by atoms with Crippen LogP contribution in [0.2, 0.25) is 0 Å². The van der Waals surface area contributed by atoms with Gasteiger partial charge in [-0.2, -0.15) is 0 Å². The monoisotopic (exact) mass is 400 g/mol. The van der Waals surface area contributed by atoms with Gasteiger partial charge >= 0.3 is 0 Å². The van der Waals surface area contributed by atoms with Crippen LogP contribution in [-0.4, -0.2) is 17.5 Å². The van der Waals surface area contributed by atoms with Crippen molar-refractivity contribution in [3.8, 4) is 11.3 Å². The summed E-state index contributed by atoms with van der Waals surface area (Å²) in [7, 11) is 0. The first-order chi connectivity index (χ1) is 9.79. The molecular formula is C15H21IN4O. The Morgan fingerprint density at radius 1 is 1.33 bits per heavy atom. The van der Waals surface area contributed by atoms with Gasteiger partial charge in [-0.1, -0.05) is 43.7 Å². The third kappa shape index (κ3) is 5.74. The summed E-state index contributed by atoms with van der Waals surface area (Å²) in [4.78, 5) is 8.40. The van der Waals surface area contributed by atoms with Crippen LogP contribution < -0.4 is 11.1 Å². The van der Waals surface area contributed by atoms with Crippen LogP contribution in [0.3, 0.4) is 0 Å². The zero-order valence-corrected chi connectivity index (χ0v) is 14.4. The first-order valence-corrected chi connectivity index (χ1v) is 6.83. The first-order valence-electron chi connectivity index (χ1n) is 6.83. The molecular weight excluding hydrogens is 379 g/mol. The van der Waals surface area contributed by atoms with Crippen LogP contribution in [0, 0.1) is 0 Å². The predicted octanol–water partition coefficient (Wildman–Crippen LogP) is 3.16. The lowest BCUT2D eigenvalue weighted by Crippen LogP contribution is -2.32. The highest BCUT2D eigenvalue weighted by molar-refractivity contribution is 14.0. The minimum Gasteiger partial charge on any atom is -0.439 e. The Hall–Kier alpha value is -1.57. The summed E-state index contributed by atoms with van der Waals surface area (Å²) in [6, 6.07) is 9.85. The maximum absolute atomic E-state index is 5.75. The highest BCUT2D eigenvalue weighted by Gasteiger charge is 2.05. The van der Waals surface area contributed by atoms with Crippen LogP contribution in [-0.2, 0) is 6.54 Å². The number of nitrogens with two attached hydrogens (primary N) is 1. The number of oxazole rings is 1. The van der Waals surface area contributed by atoms with E-state index in [4.69, 9.17) is 10.2 Å². The molecule has 2 aromatic rings. The maximum Gasteiger partial charge on any atom is 0.216 e. The van der Waals surface area contributed by atoms with Gasteiger partial charge in [0.15, 0.2) is 11.7 Å². The number of nitrogens with zero attached hydrogens (tertiary/aromatic N) is 2. The molecule has 0 saturated heterocycles. The van der Waals surface area contributed by atoms with Crippen LogP contribution in [0.25, 0.3) is 11.3 Å². The van der Waals surface area contributed by atoms with Crippen LogP contribution >= 0.6 is 24.0 Å². The summed E-state index contributed by atoms with van der Waals surface area (Å²) in [6.07, 6.45) is 3.91. The molecule has 0 bridgehead atoms. The topological polar surface area (TPSA) is 76.4 Å². The Balaban J connectivity index is 0.00000220. The summed E-state index contributed by atoms with van der Waals surface area (Å²) in [5.41, 5.74) is 6.75. The van der Waals surface area contributed by atoms with Crippen molar-refractivity contribution in [2.24, 2.45) is 10.7 Å². The molecule has 5 nitrogen and oxygen atoms in total. The smallest absolute Gasteiger partial charge is 0.216 e. The molecule has 0 radical (unpaired) electrons. The number of unbranched alkanes of at least 4 members (excludes halogenated alkanes) is 1. The molecule has 0 aliphatic heterocycles. The summed E-state index contributed by atoms with van der Waals surface area (Å²) in [6.45, 7) is 3.32. The third-order valence-corrected chi connectivity index (χ3v) is 2.83. The molecule has 0 aliphatic carbocycles. The Labute approximate surface area is 142 Å². The first kappa shape index (κ1) is 17.5. The molecule has 0 unspecified atom stereocenters. The van der Waals surface area contributed by atoms with Gasteiger partial charge in [-0.05, 0) is 6.42 Å². The van der Waals surface area contributed by atoms with Crippen molar-refractivity contribution in [2.45, 2.75) is 26.3 Å². The number of hydrogen-bond donors (Lipinski definition) is 2. The summed E-state index contributed by atoms with van der Waals surface area (Å²) in [5.74, 6) is 1.73. The highest BCUT2D eigenvalue weighted by Crippen LogP contribution is 2.19. The Bertz CT molecular complexity index is 554. The zero-order valence-electron chi connectivity index (χ0n) is 12.1. The fourth-order valence-corrected chi connectivity index (χ4v) is 1.72. The number of guanidine groups is 1. The molecule has 1 aromatic carbocycles. The number of aliphatic imine (C=N–C) groups is 1. The van der Waals surface area contributed by atoms with Gasteiger partial charge in [0.2, 0.25) is 5.89 Å². The van der Waals surface area contributed by atoms with E-state index < -0.39 is 0 Å². The largest absolute Gasteiger partial charge is 0.439 e. The maximum atomic E-state index is 5.75. The van der Waals surface area contributed by atoms with Gasteiger partial charge in [-0.25, -0.2) is 9.98 Å². The molecule has 0 atom stereocenters. The standard InChI is InChI=1S/C15H20N4O.HI/c1-2-3-9-17-15(16)19-11-14-18-10-13(20-14)12-7-5-4-6-8-12;/h4-8,10H,2-3,9,11H2,1H3,(H3,16,17,19);1H. The van der Waals surface area contributed by atoms with Crippen LogP contribution in [0.1, 0.15) is 25.7 Å². The molecule has 1 heterocycles. The normalized spacial score (nSPS) is 11.0. The summed E-state index contributed by atoms with van der Waals surface area (Å²) in [5, 5.41) is 3.05. The lowest BCUT2D eigenvalue weighted by atomic mass is 10.2. The van der Waals surface area contributed by atoms with Crippen molar-refractivity contribution >= 4 is 29.9 Å². The van der Waals surface area contributed by atoms with Crippen molar-refractivity contribution in [2.75, 3.05) is 6.54 Å². The Morgan fingerprint density at radius 2 is 2.10 bits per heavy atom. The van der Waals surface area contributed by atoms with E-state index in [-0.39, 0.29) is 24.0 Å². The summed E-state index contributed by atoms with van der Waals surface area (Å²) < 4.78 is 5.64. The number of benzene rings is 1. The molecule has 0 saturated carbocycles. The average Bonchev–Trinajstić information content (AvgIpc) is 2.95. The average molecular weight is 400 g/mol. The molecule has 0 fully saturated rings. The lowest BCUT2D eigenvalue weighted by molar-refractivity contribution is 0.509. The van der Waals surface area contributed by atoms with Crippen LogP contribution in [0.5, 0.6) is 0 Å². The Kier molecular flexibility index (Phi) is 7.81. The second-order valence-corrected chi connectivity index (χ2v) is 4.47.